The maximum absolute atomic E-state index is 11.8. The Morgan fingerprint density at radius 3 is 2.69 bits per heavy atom. The summed E-state index contributed by atoms with van der Waals surface area (Å²) in [5.74, 6) is 0.833. The van der Waals surface area contributed by atoms with Crippen molar-refractivity contribution in [1.82, 2.24) is 4.72 Å². The maximum atomic E-state index is 11.8. The lowest BCUT2D eigenvalue weighted by Gasteiger charge is -2.32. The summed E-state index contributed by atoms with van der Waals surface area (Å²) in [4.78, 5) is 0. The van der Waals surface area contributed by atoms with Crippen LogP contribution in [0.15, 0.2) is 21.6 Å². The molecule has 1 fully saturated rings. The molecule has 0 aliphatic heterocycles. The highest BCUT2D eigenvalue weighted by Gasteiger charge is 2.31. The highest BCUT2D eigenvalue weighted by Crippen LogP contribution is 2.28. The summed E-state index contributed by atoms with van der Waals surface area (Å²) in [7, 11) is -3.56. The average molecular weight is 245 g/mol. The van der Waals surface area contributed by atoms with E-state index in [9.17, 15) is 8.42 Å². The molecule has 0 spiro atoms. The molecule has 1 aliphatic carbocycles. The lowest BCUT2D eigenvalue weighted by molar-refractivity contribution is 0.235. The standard InChI is InChI=1S/C10H15NO4S/c1-7-4-8(5-7)11-16(13,14)10-3-2-9(6-12)15-10/h2-3,7-8,11-12H,4-6H2,1H3. The minimum absolute atomic E-state index is 0.0164. The predicted molar refractivity (Wildman–Crippen MR) is 57.1 cm³/mol. The molecule has 0 atom stereocenters. The molecule has 0 unspecified atom stereocenters. The maximum Gasteiger partial charge on any atom is 0.274 e. The second-order valence-corrected chi connectivity index (χ2v) is 5.92. The normalized spacial score (nSPS) is 25.4. The van der Waals surface area contributed by atoms with E-state index in [1.54, 1.807) is 0 Å². The molecule has 16 heavy (non-hydrogen) atoms. The second kappa shape index (κ2) is 4.20. The minimum atomic E-state index is -3.56. The lowest BCUT2D eigenvalue weighted by atomic mass is 9.83. The monoisotopic (exact) mass is 245 g/mol. The first-order chi connectivity index (χ1) is 7.51. The van der Waals surface area contributed by atoms with Gasteiger partial charge in [-0.15, -0.1) is 0 Å². The van der Waals surface area contributed by atoms with E-state index in [-0.39, 0.29) is 23.5 Å². The van der Waals surface area contributed by atoms with Crippen LogP contribution in [0.2, 0.25) is 0 Å². The summed E-state index contributed by atoms with van der Waals surface area (Å²) < 4.78 is 31.1. The van der Waals surface area contributed by atoms with Crippen LogP contribution >= 0.6 is 0 Å². The Labute approximate surface area is 94.5 Å². The lowest BCUT2D eigenvalue weighted by Crippen LogP contribution is -2.43. The van der Waals surface area contributed by atoms with Gasteiger partial charge in [0.05, 0.1) is 0 Å². The molecule has 1 saturated carbocycles. The molecule has 0 bridgehead atoms. The first-order valence-corrected chi connectivity index (χ1v) is 6.71. The summed E-state index contributed by atoms with van der Waals surface area (Å²) in [6.45, 7) is 1.79. The van der Waals surface area contributed by atoms with Gasteiger partial charge in [0.15, 0.2) is 0 Å². The first kappa shape index (κ1) is 11.6. The summed E-state index contributed by atoms with van der Waals surface area (Å²) in [6.07, 6.45) is 1.74. The van der Waals surface area contributed by atoms with Crippen molar-refractivity contribution in [1.29, 1.82) is 0 Å². The summed E-state index contributed by atoms with van der Waals surface area (Å²) in [5, 5.41) is 8.65. The van der Waals surface area contributed by atoms with Crippen molar-refractivity contribution >= 4 is 10.0 Å². The molecule has 5 nitrogen and oxygen atoms in total. The van der Waals surface area contributed by atoms with Gasteiger partial charge in [0.1, 0.15) is 12.4 Å². The molecule has 1 aliphatic rings. The Bertz CT molecular complexity index is 459. The van der Waals surface area contributed by atoms with Gasteiger partial charge >= 0.3 is 0 Å². The number of sulfonamides is 1. The zero-order chi connectivity index (χ0) is 11.8. The fourth-order valence-corrected chi connectivity index (χ4v) is 3.08. The van der Waals surface area contributed by atoms with Crippen molar-refractivity contribution in [3.63, 3.8) is 0 Å². The Kier molecular flexibility index (Phi) is 3.05. The summed E-state index contributed by atoms with van der Waals surface area (Å²) in [5.41, 5.74) is 0. The Morgan fingerprint density at radius 2 is 2.19 bits per heavy atom. The van der Waals surface area contributed by atoms with Gasteiger partial charge in [-0.1, -0.05) is 6.92 Å². The molecule has 0 aromatic carbocycles. The van der Waals surface area contributed by atoms with Crippen molar-refractivity contribution in [3.8, 4) is 0 Å². The zero-order valence-corrected chi connectivity index (χ0v) is 9.83. The van der Waals surface area contributed by atoms with Gasteiger partial charge < -0.3 is 9.52 Å². The van der Waals surface area contributed by atoms with E-state index in [0.29, 0.717) is 5.92 Å². The van der Waals surface area contributed by atoms with Gasteiger partial charge in [-0.05, 0) is 30.9 Å². The molecule has 90 valence electrons. The fraction of sp³-hybridized carbons (Fsp3) is 0.600. The summed E-state index contributed by atoms with van der Waals surface area (Å²) in [6, 6.07) is 2.83. The average Bonchev–Trinajstić information content (AvgIpc) is 2.63. The zero-order valence-electron chi connectivity index (χ0n) is 9.01. The Balaban J connectivity index is 2.06. The molecule has 1 aromatic heterocycles. The largest absolute Gasteiger partial charge is 0.446 e. The molecule has 0 radical (unpaired) electrons. The number of hydrogen-bond acceptors (Lipinski definition) is 4. The topological polar surface area (TPSA) is 79.5 Å². The van der Waals surface area contributed by atoms with Crippen LogP contribution in [0.25, 0.3) is 0 Å². The van der Waals surface area contributed by atoms with Crippen LogP contribution in [0, 0.1) is 5.92 Å². The van der Waals surface area contributed by atoms with Gasteiger partial charge in [0.2, 0.25) is 5.09 Å². The Hall–Kier alpha value is -0.850. The smallest absolute Gasteiger partial charge is 0.274 e. The second-order valence-electron chi connectivity index (χ2n) is 4.27. The molecular weight excluding hydrogens is 230 g/mol. The predicted octanol–water partition coefficient (Wildman–Crippen LogP) is 0.849. The molecule has 0 amide bonds. The van der Waals surface area contributed by atoms with Crippen molar-refractivity contribution in [3.05, 3.63) is 17.9 Å². The molecule has 2 N–H and O–H groups in total. The van der Waals surface area contributed by atoms with E-state index in [1.165, 1.54) is 12.1 Å². The fourth-order valence-electron chi connectivity index (χ4n) is 1.86. The molecule has 2 rings (SSSR count). The van der Waals surface area contributed by atoms with Crippen molar-refractivity contribution in [2.24, 2.45) is 5.92 Å². The molecule has 6 heteroatoms. The van der Waals surface area contributed by atoms with Crippen LogP contribution in [0.3, 0.4) is 0 Å². The third-order valence-electron chi connectivity index (χ3n) is 2.75. The highest BCUT2D eigenvalue weighted by molar-refractivity contribution is 7.89. The third kappa shape index (κ3) is 2.28. The van der Waals surface area contributed by atoms with Crippen LogP contribution in [0.1, 0.15) is 25.5 Å². The molecule has 1 aromatic rings. The van der Waals surface area contributed by atoms with E-state index < -0.39 is 10.0 Å². The van der Waals surface area contributed by atoms with Gasteiger partial charge in [0, 0.05) is 6.04 Å². The van der Waals surface area contributed by atoms with Gasteiger partial charge in [0.25, 0.3) is 10.0 Å². The van der Waals surface area contributed by atoms with Crippen molar-refractivity contribution in [2.45, 2.75) is 37.5 Å². The molecular formula is C10H15NO4S. The van der Waals surface area contributed by atoms with E-state index in [2.05, 4.69) is 11.6 Å². The number of hydrogen-bond donors (Lipinski definition) is 2. The number of rotatable bonds is 4. The van der Waals surface area contributed by atoms with Crippen LogP contribution in [0.4, 0.5) is 0 Å². The SMILES string of the molecule is CC1CC(NS(=O)(=O)c2ccc(CO)o2)C1. The van der Waals surface area contributed by atoms with Gasteiger partial charge in [-0.2, -0.15) is 0 Å². The third-order valence-corrected chi connectivity index (χ3v) is 4.15. The number of nitrogens with one attached hydrogen (secondary N) is 1. The van der Waals surface area contributed by atoms with Crippen LogP contribution in [-0.2, 0) is 16.6 Å². The number of aliphatic hydroxyl groups is 1. The van der Waals surface area contributed by atoms with Crippen molar-refractivity contribution < 1.29 is 17.9 Å². The van der Waals surface area contributed by atoms with E-state index in [1.807, 2.05) is 0 Å². The van der Waals surface area contributed by atoms with E-state index in [0.717, 1.165) is 12.8 Å². The van der Waals surface area contributed by atoms with E-state index >= 15 is 0 Å². The quantitative estimate of drug-likeness (QED) is 0.824. The van der Waals surface area contributed by atoms with Crippen LogP contribution in [-0.4, -0.2) is 19.6 Å². The van der Waals surface area contributed by atoms with Crippen LogP contribution < -0.4 is 4.72 Å². The Morgan fingerprint density at radius 1 is 1.50 bits per heavy atom. The molecule has 0 saturated heterocycles. The number of furan rings is 1. The molecule has 1 heterocycles. The van der Waals surface area contributed by atoms with Gasteiger partial charge in [-0.3, -0.25) is 0 Å². The van der Waals surface area contributed by atoms with Crippen LogP contribution in [0.5, 0.6) is 0 Å². The van der Waals surface area contributed by atoms with E-state index in [4.69, 9.17) is 9.52 Å². The minimum Gasteiger partial charge on any atom is -0.446 e. The number of aliphatic hydroxyl groups excluding tert-OH is 1. The van der Waals surface area contributed by atoms with Crippen molar-refractivity contribution in [2.75, 3.05) is 0 Å². The van der Waals surface area contributed by atoms with Gasteiger partial charge in [-0.25, -0.2) is 13.1 Å². The summed E-state index contributed by atoms with van der Waals surface area (Å²) >= 11 is 0. The highest BCUT2D eigenvalue weighted by atomic mass is 32.2. The first-order valence-electron chi connectivity index (χ1n) is 5.23.